The van der Waals surface area contributed by atoms with Crippen LogP contribution in [0.4, 0.5) is 0 Å². The summed E-state index contributed by atoms with van der Waals surface area (Å²) in [7, 11) is 0. The van der Waals surface area contributed by atoms with Crippen LogP contribution < -0.4 is 5.32 Å². The fourth-order valence-electron chi connectivity index (χ4n) is 1.20. The third-order valence-corrected chi connectivity index (χ3v) is 1.93. The number of nitrogens with zero attached hydrogens (tertiary/aromatic N) is 3. The van der Waals surface area contributed by atoms with Gasteiger partial charge in [0.25, 0.3) is 0 Å². The van der Waals surface area contributed by atoms with Gasteiger partial charge in [-0.05, 0) is 6.54 Å². The maximum atomic E-state index is 5.16. The maximum Gasteiger partial charge on any atom is 0.187 e. The van der Waals surface area contributed by atoms with E-state index in [1.54, 1.807) is 18.6 Å². The van der Waals surface area contributed by atoms with E-state index in [2.05, 4.69) is 20.4 Å². The molecular formula is C10H12N4O. The molecule has 78 valence electrons. The van der Waals surface area contributed by atoms with Gasteiger partial charge >= 0.3 is 0 Å². The van der Waals surface area contributed by atoms with Crippen molar-refractivity contribution in [3.8, 4) is 11.5 Å². The third kappa shape index (κ3) is 2.38. The van der Waals surface area contributed by atoms with Crippen molar-refractivity contribution in [2.24, 2.45) is 0 Å². The van der Waals surface area contributed by atoms with Crippen LogP contribution in [0.15, 0.2) is 29.2 Å². The van der Waals surface area contributed by atoms with Crippen molar-refractivity contribution < 1.29 is 4.52 Å². The van der Waals surface area contributed by atoms with E-state index >= 15 is 0 Å². The molecule has 2 rings (SSSR count). The zero-order chi connectivity index (χ0) is 10.5. The molecule has 0 fully saturated rings. The summed E-state index contributed by atoms with van der Waals surface area (Å²) < 4.78 is 5.16. The van der Waals surface area contributed by atoms with Gasteiger partial charge in [0.1, 0.15) is 5.69 Å². The molecule has 0 aromatic carbocycles. The van der Waals surface area contributed by atoms with E-state index in [0.29, 0.717) is 18.0 Å². The lowest BCUT2D eigenvalue weighted by molar-refractivity contribution is 0.419. The number of aromatic nitrogens is 3. The van der Waals surface area contributed by atoms with Crippen molar-refractivity contribution in [1.82, 2.24) is 20.4 Å². The zero-order valence-corrected chi connectivity index (χ0v) is 8.47. The van der Waals surface area contributed by atoms with E-state index in [1.165, 1.54) is 0 Å². The van der Waals surface area contributed by atoms with E-state index in [9.17, 15) is 0 Å². The molecular weight excluding hydrogens is 192 g/mol. The molecule has 1 N–H and O–H groups in total. The van der Waals surface area contributed by atoms with Crippen molar-refractivity contribution in [3.63, 3.8) is 0 Å². The fraction of sp³-hybridized carbons (Fsp3) is 0.300. The number of nitrogens with one attached hydrogen (secondary N) is 1. The van der Waals surface area contributed by atoms with Gasteiger partial charge < -0.3 is 9.84 Å². The lowest BCUT2D eigenvalue weighted by atomic mass is 10.3. The molecule has 5 heteroatoms. The summed E-state index contributed by atoms with van der Waals surface area (Å²) >= 11 is 0. The molecule has 0 spiro atoms. The standard InChI is InChI=1S/C10H12N4O/c1-2-11-6-8-5-10(15-14-8)9-7-12-3-4-13-9/h3-5,7,11H,2,6H2,1H3. The molecule has 0 saturated carbocycles. The molecule has 0 aliphatic heterocycles. The monoisotopic (exact) mass is 204 g/mol. The highest BCUT2D eigenvalue weighted by Crippen LogP contribution is 2.16. The molecule has 0 aliphatic carbocycles. The van der Waals surface area contributed by atoms with Crippen LogP contribution in [0.25, 0.3) is 11.5 Å². The average molecular weight is 204 g/mol. The van der Waals surface area contributed by atoms with Gasteiger partial charge in [-0.3, -0.25) is 4.98 Å². The van der Waals surface area contributed by atoms with Crippen LogP contribution in [0.1, 0.15) is 12.6 Å². The van der Waals surface area contributed by atoms with Gasteiger partial charge in [0.05, 0.1) is 11.9 Å². The molecule has 0 aliphatic rings. The molecule has 0 amide bonds. The molecule has 15 heavy (non-hydrogen) atoms. The Morgan fingerprint density at radius 1 is 1.40 bits per heavy atom. The quantitative estimate of drug-likeness (QED) is 0.811. The van der Waals surface area contributed by atoms with Crippen molar-refractivity contribution in [2.45, 2.75) is 13.5 Å². The van der Waals surface area contributed by atoms with Crippen molar-refractivity contribution in [2.75, 3.05) is 6.54 Å². The minimum absolute atomic E-state index is 0.649. The molecule has 0 saturated heterocycles. The van der Waals surface area contributed by atoms with E-state index in [0.717, 1.165) is 12.2 Å². The summed E-state index contributed by atoms with van der Waals surface area (Å²) in [5.74, 6) is 0.649. The highest BCUT2D eigenvalue weighted by Gasteiger charge is 2.06. The minimum atomic E-state index is 0.649. The van der Waals surface area contributed by atoms with Gasteiger partial charge in [-0.2, -0.15) is 0 Å². The average Bonchev–Trinajstić information content (AvgIpc) is 2.76. The van der Waals surface area contributed by atoms with Gasteiger partial charge in [-0.1, -0.05) is 12.1 Å². The van der Waals surface area contributed by atoms with Crippen molar-refractivity contribution in [1.29, 1.82) is 0 Å². The predicted octanol–water partition coefficient (Wildman–Crippen LogP) is 1.24. The molecule has 5 nitrogen and oxygen atoms in total. The first-order chi connectivity index (χ1) is 7.40. The van der Waals surface area contributed by atoms with E-state index in [1.807, 2.05) is 13.0 Å². The first-order valence-corrected chi connectivity index (χ1v) is 4.83. The van der Waals surface area contributed by atoms with Gasteiger partial charge in [0.2, 0.25) is 0 Å². The zero-order valence-electron chi connectivity index (χ0n) is 8.47. The van der Waals surface area contributed by atoms with Crippen LogP contribution in [0.2, 0.25) is 0 Å². The second kappa shape index (κ2) is 4.65. The Bertz CT molecular complexity index is 412. The third-order valence-electron chi connectivity index (χ3n) is 1.93. The van der Waals surface area contributed by atoms with Crippen LogP contribution in [-0.4, -0.2) is 21.7 Å². The molecule has 2 aromatic rings. The second-order valence-corrected chi connectivity index (χ2v) is 3.05. The van der Waals surface area contributed by atoms with Crippen molar-refractivity contribution in [3.05, 3.63) is 30.4 Å². The van der Waals surface area contributed by atoms with E-state index < -0.39 is 0 Å². The summed E-state index contributed by atoms with van der Waals surface area (Å²) in [6.07, 6.45) is 4.90. The maximum absolute atomic E-state index is 5.16. The topological polar surface area (TPSA) is 63.8 Å². The molecule has 0 unspecified atom stereocenters. The van der Waals surface area contributed by atoms with Gasteiger partial charge in [-0.25, -0.2) is 4.98 Å². The molecule has 2 aromatic heterocycles. The van der Waals surface area contributed by atoms with Gasteiger partial charge in [0, 0.05) is 25.0 Å². The summed E-state index contributed by atoms with van der Waals surface area (Å²) in [5.41, 5.74) is 1.57. The number of hydrogen-bond donors (Lipinski definition) is 1. The molecule has 0 bridgehead atoms. The summed E-state index contributed by atoms with van der Waals surface area (Å²) in [6.45, 7) is 3.66. The van der Waals surface area contributed by atoms with Crippen LogP contribution in [0.3, 0.4) is 0 Å². The molecule has 0 atom stereocenters. The van der Waals surface area contributed by atoms with Gasteiger partial charge in [0.15, 0.2) is 5.76 Å². The highest BCUT2D eigenvalue weighted by molar-refractivity contribution is 5.49. The Balaban J connectivity index is 2.14. The Morgan fingerprint density at radius 3 is 3.07 bits per heavy atom. The smallest absolute Gasteiger partial charge is 0.187 e. The van der Waals surface area contributed by atoms with Crippen LogP contribution in [-0.2, 0) is 6.54 Å². The lowest BCUT2D eigenvalue weighted by Gasteiger charge is -1.93. The SMILES string of the molecule is CCNCc1cc(-c2cnccn2)on1. The molecule has 2 heterocycles. The Hall–Kier alpha value is -1.75. The van der Waals surface area contributed by atoms with E-state index in [-0.39, 0.29) is 0 Å². The van der Waals surface area contributed by atoms with Crippen LogP contribution >= 0.6 is 0 Å². The van der Waals surface area contributed by atoms with Gasteiger partial charge in [-0.15, -0.1) is 0 Å². The minimum Gasteiger partial charge on any atom is -0.354 e. The Kier molecular flexibility index (Phi) is 3.04. The normalized spacial score (nSPS) is 10.5. The summed E-state index contributed by atoms with van der Waals surface area (Å²) in [4.78, 5) is 8.09. The fourth-order valence-corrected chi connectivity index (χ4v) is 1.20. The summed E-state index contributed by atoms with van der Waals surface area (Å²) in [6, 6.07) is 1.87. The van der Waals surface area contributed by atoms with Crippen LogP contribution in [0.5, 0.6) is 0 Å². The Labute approximate surface area is 87.5 Å². The highest BCUT2D eigenvalue weighted by atomic mass is 16.5. The number of hydrogen-bond acceptors (Lipinski definition) is 5. The second-order valence-electron chi connectivity index (χ2n) is 3.05. The van der Waals surface area contributed by atoms with Crippen LogP contribution in [0, 0.1) is 0 Å². The first kappa shape index (κ1) is 9.79. The Morgan fingerprint density at radius 2 is 2.33 bits per heavy atom. The largest absolute Gasteiger partial charge is 0.354 e. The molecule has 0 radical (unpaired) electrons. The first-order valence-electron chi connectivity index (χ1n) is 4.83. The van der Waals surface area contributed by atoms with Crippen molar-refractivity contribution >= 4 is 0 Å². The predicted molar refractivity (Wildman–Crippen MR) is 54.9 cm³/mol. The lowest BCUT2D eigenvalue weighted by Crippen LogP contribution is -2.11. The summed E-state index contributed by atoms with van der Waals surface area (Å²) in [5, 5.41) is 7.10. The van der Waals surface area contributed by atoms with E-state index in [4.69, 9.17) is 4.52 Å². The number of rotatable bonds is 4.